The maximum atomic E-state index is 13.4. The second-order valence-electron chi connectivity index (χ2n) is 4.93. The first-order valence-corrected chi connectivity index (χ1v) is 7.35. The van der Waals surface area contributed by atoms with Gasteiger partial charge in [-0.05, 0) is 30.3 Å². The molecule has 0 heterocycles. The summed E-state index contributed by atoms with van der Waals surface area (Å²) >= 11 is 0. The number of nitrogens with two attached hydrogens (primary N) is 1. The van der Waals surface area contributed by atoms with Gasteiger partial charge in [-0.25, -0.2) is 4.39 Å². The molecule has 0 aromatic heterocycles. The Labute approximate surface area is 138 Å². The van der Waals surface area contributed by atoms with Crippen LogP contribution in [0.25, 0.3) is 0 Å². The van der Waals surface area contributed by atoms with Gasteiger partial charge in [0.15, 0.2) is 6.61 Å². The molecule has 126 valence electrons. The molecular weight excluding hydrogens is 313 g/mol. The lowest BCUT2D eigenvalue weighted by molar-refractivity contribution is -0.118. The Bertz CT molecular complexity index is 707. The third-order valence-electron chi connectivity index (χ3n) is 3.01. The summed E-state index contributed by atoms with van der Waals surface area (Å²) in [5.41, 5.74) is 5.75. The van der Waals surface area contributed by atoms with E-state index in [0.717, 1.165) is 6.07 Å². The highest BCUT2D eigenvalue weighted by atomic mass is 19.1. The Hall–Kier alpha value is -2.93. The molecular formula is C17H18FN3O3. The molecule has 0 unspecified atom stereocenters. The molecule has 2 amide bonds. The van der Waals surface area contributed by atoms with Gasteiger partial charge < -0.3 is 21.1 Å². The van der Waals surface area contributed by atoms with Gasteiger partial charge in [-0.3, -0.25) is 9.59 Å². The minimum Gasteiger partial charge on any atom is -0.484 e. The molecule has 0 aliphatic heterocycles. The molecule has 0 saturated carbocycles. The van der Waals surface area contributed by atoms with Gasteiger partial charge in [-0.15, -0.1) is 0 Å². The average molecular weight is 331 g/mol. The van der Waals surface area contributed by atoms with Crippen LogP contribution in [0.2, 0.25) is 0 Å². The van der Waals surface area contributed by atoms with Crippen molar-refractivity contribution in [2.45, 2.75) is 6.42 Å². The van der Waals surface area contributed by atoms with Crippen molar-refractivity contribution in [3.05, 3.63) is 54.3 Å². The molecule has 0 atom stereocenters. The maximum Gasteiger partial charge on any atom is 0.262 e. The first kappa shape index (κ1) is 17.4. The number of hydrogen-bond donors (Lipinski definition) is 3. The number of carbonyl (C=O) groups excluding carboxylic acids is 2. The van der Waals surface area contributed by atoms with Gasteiger partial charge in [0, 0.05) is 13.0 Å². The summed E-state index contributed by atoms with van der Waals surface area (Å²) in [5, 5.41) is 5.10. The van der Waals surface area contributed by atoms with E-state index in [1.165, 1.54) is 12.1 Å². The van der Waals surface area contributed by atoms with Crippen molar-refractivity contribution in [2.24, 2.45) is 5.73 Å². The fourth-order valence-electron chi connectivity index (χ4n) is 1.92. The van der Waals surface area contributed by atoms with E-state index < -0.39 is 11.7 Å². The topological polar surface area (TPSA) is 93.5 Å². The zero-order valence-corrected chi connectivity index (χ0v) is 12.9. The molecule has 2 aromatic carbocycles. The molecule has 0 fully saturated rings. The van der Waals surface area contributed by atoms with E-state index in [4.69, 9.17) is 10.5 Å². The van der Waals surface area contributed by atoms with Gasteiger partial charge in [-0.2, -0.15) is 0 Å². The van der Waals surface area contributed by atoms with Crippen molar-refractivity contribution < 1.29 is 18.7 Å². The molecule has 2 aromatic rings. The normalized spacial score (nSPS) is 10.1. The average Bonchev–Trinajstić information content (AvgIpc) is 2.56. The number of hydrogen-bond acceptors (Lipinski definition) is 4. The van der Waals surface area contributed by atoms with Crippen molar-refractivity contribution in [3.63, 3.8) is 0 Å². The molecule has 0 bridgehead atoms. The summed E-state index contributed by atoms with van der Waals surface area (Å²) in [6.07, 6.45) is 0.0982. The number of carbonyl (C=O) groups is 2. The van der Waals surface area contributed by atoms with E-state index >= 15 is 0 Å². The van der Waals surface area contributed by atoms with Gasteiger partial charge >= 0.3 is 0 Å². The first-order chi connectivity index (χ1) is 11.6. The fraction of sp³-hybridized carbons (Fsp3) is 0.176. The lowest BCUT2D eigenvalue weighted by atomic mass is 10.2. The van der Waals surface area contributed by atoms with Crippen LogP contribution in [-0.2, 0) is 9.59 Å². The number of halogens is 1. The van der Waals surface area contributed by atoms with Crippen molar-refractivity contribution in [2.75, 3.05) is 23.8 Å². The van der Waals surface area contributed by atoms with E-state index in [9.17, 15) is 14.0 Å². The Morgan fingerprint density at radius 3 is 2.42 bits per heavy atom. The smallest absolute Gasteiger partial charge is 0.262 e. The molecule has 2 rings (SSSR count). The molecule has 24 heavy (non-hydrogen) atoms. The maximum absolute atomic E-state index is 13.4. The van der Waals surface area contributed by atoms with Gasteiger partial charge in [0.2, 0.25) is 5.91 Å². The molecule has 0 spiro atoms. The van der Waals surface area contributed by atoms with Crippen LogP contribution < -0.4 is 21.1 Å². The molecule has 0 aliphatic carbocycles. The van der Waals surface area contributed by atoms with Crippen LogP contribution in [0.1, 0.15) is 6.42 Å². The SMILES string of the molecule is NCCC(=O)Nc1cc(F)ccc1NC(=O)COc1ccccc1. The summed E-state index contributed by atoms with van der Waals surface area (Å²) < 4.78 is 18.7. The van der Waals surface area contributed by atoms with Gasteiger partial charge in [-0.1, -0.05) is 18.2 Å². The summed E-state index contributed by atoms with van der Waals surface area (Å²) in [7, 11) is 0. The van der Waals surface area contributed by atoms with Gasteiger partial charge in [0.05, 0.1) is 11.4 Å². The minimum atomic E-state index is -0.531. The molecule has 7 heteroatoms. The van der Waals surface area contributed by atoms with E-state index in [2.05, 4.69) is 10.6 Å². The van der Waals surface area contributed by atoms with Crippen LogP contribution in [0.4, 0.5) is 15.8 Å². The standard InChI is InChI=1S/C17H18FN3O3/c18-12-6-7-14(15(10-12)21-16(22)8-9-19)20-17(23)11-24-13-4-2-1-3-5-13/h1-7,10H,8-9,11,19H2,(H,20,23)(H,21,22). The molecule has 4 N–H and O–H groups in total. The van der Waals surface area contributed by atoms with Crippen LogP contribution in [0.15, 0.2) is 48.5 Å². The number of nitrogens with one attached hydrogen (secondary N) is 2. The quantitative estimate of drug-likeness (QED) is 0.724. The third-order valence-corrected chi connectivity index (χ3v) is 3.01. The molecule has 0 aliphatic rings. The largest absolute Gasteiger partial charge is 0.484 e. The zero-order chi connectivity index (χ0) is 17.4. The Morgan fingerprint density at radius 2 is 1.71 bits per heavy atom. The molecule has 6 nitrogen and oxygen atoms in total. The monoisotopic (exact) mass is 331 g/mol. The van der Waals surface area contributed by atoms with Crippen molar-refractivity contribution in [3.8, 4) is 5.75 Å². The van der Waals surface area contributed by atoms with Crippen molar-refractivity contribution >= 4 is 23.2 Å². The van der Waals surface area contributed by atoms with Crippen molar-refractivity contribution in [1.29, 1.82) is 0 Å². The van der Waals surface area contributed by atoms with Crippen LogP contribution in [0, 0.1) is 5.82 Å². The van der Waals surface area contributed by atoms with E-state index in [-0.39, 0.29) is 36.9 Å². The number of amides is 2. The zero-order valence-electron chi connectivity index (χ0n) is 12.9. The number of anilines is 2. The highest BCUT2D eigenvalue weighted by Gasteiger charge is 2.11. The lowest BCUT2D eigenvalue weighted by Crippen LogP contribution is -2.22. The van der Waals surface area contributed by atoms with E-state index in [1.54, 1.807) is 24.3 Å². The number of para-hydroxylation sites is 1. The lowest BCUT2D eigenvalue weighted by Gasteiger charge is -2.13. The van der Waals surface area contributed by atoms with Crippen LogP contribution >= 0.6 is 0 Å². The predicted molar refractivity (Wildman–Crippen MR) is 89.3 cm³/mol. The van der Waals surface area contributed by atoms with Gasteiger partial charge in [0.25, 0.3) is 5.91 Å². The Balaban J connectivity index is 2.00. The minimum absolute atomic E-state index is 0.0982. The number of benzene rings is 2. The fourth-order valence-corrected chi connectivity index (χ4v) is 1.92. The van der Waals surface area contributed by atoms with Gasteiger partial charge in [0.1, 0.15) is 11.6 Å². The predicted octanol–water partition coefficient (Wildman–Crippen LogP) is 2.13. The summed E-state index contributed by atoms with van der Waals surface area (Å²) in [6.45, 7) is -0.0364. The Kier molecular flexibility index (Phi) is 6.27. The van der Waals surface area contributed by atoms with Crippen LogP contribution in [0.3, 0.4) is 0 Å². The second kappa shape index (κ2) is 8.64. The van der Waals surface area contributed by atoms with Crippen LogP contribution in [-0.4, -0.2) is 25.0 Å². The van der Waals surface area contributed by atoms with Crippen molar-refractivity contribution in [1.82, 2.24) is 0 Å². The van der Waals surface area contributed by atoms with Crippen LogP contribution in [0.5, 0.6) is 5.75 Å². The second-order valence-corrected chi connectivity index (χ2v) is 4.93. The highest BCUT2D eigenvalue weighted by molar-refractivity contribution is 6.00. The first-order valence-electron chi connectivity index (χ1n) is 7.35. The third kappa shape index (κ3) is 5.36. The molecule has 0 radical (unpaired) electrons. The summed E-state index contributed by atoms with van der Waals surface area (Å²) in [5.74, 6) is -0.765. The highest BCUT2D eigenvalue weighted by Crippen LogP contribution is 2.23. The summed E-state index contributed by atoms with van der Waals surface area (Å²) in [6, 6.07) is 12.5. The Morgan fingerprint density at radius 1 is 1.00 bits per heavy atom. The summed E-state index contributed by atoms with van der Waals surface area (Å²) in [4.78, 5) is 23.6. The number of ether oxygens (including phenoxy) is 1. The molecule has 0 saturated heterocycles. The van der Waals surface area contributed by atoms with E-state index in [0.29, 0.717) is 5.75 Å². The number of rotatable bonds is 7. The van der Waals surface area contributed by atoms with E-state index in [1.807, 2.05) is 6.07 Å².